The zero-order valence-electron chi connectivity index (χ0n) is 13.3. The molecular weight excluding hydrogens is 300 g/mol. The number of carbonyl (C=O) groups is 1. The SMILES string of the molecule is COc1cccc(C(=O)Nc2ccc(Nc3ccccc3)cc2)c1. The van der Waals surface area contributed by atoms with Crippen LogP contribution in [0.2, 0.25) is 0 Å². The van der Waals surface area contributed by atoms with E-state index in [4.69, 9.17) is 4.74 Å². The number of amides is 1. The van der Waals surface area contributed by atoms with Crippen molar-refractivity contribution in [2.75, 3.05) is 17.7 Å². The molecule has 0 heterocycles. The molecule has 3 rings (SSSR count). The summed E-state index contributed by atoms with van der Waals surface area (Å²) >= 11 is 0. The van der Waals surface area contributed by atoms with Gasteiger partial charge < -0.3 is 15.4 Å². The second-order valence-corrected chi connectivity index (χ2v) is 5.25. The summed E-state index contributed by atoms with van der Waals surface area (Å²) in [5.41, 5.74) is 3.27. The number of para-hydroxylation sites is 1. The molecule has 0 saturated carbocycles. The Morgan fingerprint density at radius 2 is 1.46 bits per heavy atom. The number of rotatable bonds is 5. The molecule has 4 heteroatoms. The lowest BCUT2D eigenvalue weighted by Gasteiger charge is -2.09. The summed E-state index contributed by atoms with van der Waals surface area (Å²) in [6.45, 7) is 0. The molecule has 3 aromatic rings. The maximum Gasteiger partial charge on any atom is 0.255 e. The van der Waals surface area contributed by atoms with Gasteiger partial charge in [0.05, 0.1) is 7.11 Å². The molecule has 0 radical (unpaired) electrons. The summed E-state index contributed by atoms with van der Waals surface area (Å²) in [7, 11) is 1.58. The number of nitrogens with one attached hydrogen (secondary N) is 2. The molecule has 0 spiro atoms. The fourth-order valence-corrected chi connectivity index (χ4v) is 2.29. The van der Waals surface area contributed by atoms with Crippen molar-refractivity contribution >= 4 is 23.0 Å². The number of hydrogen-bond acceptors (Lipinski definition) is 3. The molecule has 24 heavy (non-hydrogen) atoms. The van der Waals surface area contributed by atoms with Gasteiger partial charge in [0.1, 0.15) is 5.75 Å². The summed E-state index contributed by atoms with van der Waals surface area (Å²) < 4.78 is 5.14. The van der Waals surface area contributed by atoms with E-state index in [1.807, 2.05) is 54.6 Å². The van der Waals surface area contributed by atoms with Crippen molar-refractivity contribution in [1.82, 2.24) is 0 Å². The van der Waals surface area contributed by atoms with Crippen LogP contribution in [0.5, 0.6) is 5.75 Å². The first kappa shape index (κ1) is 15.6. The Morgan fingerprint density at radius 3 is 2.17 bits per heavy atom. The molecule has 1 amide bonds. The van der Waals surface area contributed by atoms with E-state index >= 15 is 0 Å². The molecule has 0 fully saturated rings. The van der Waals surface area contributed by atoms with Crippen LogP contribution in [0.1, 0.15) is 10.4 Å². The van der Waals surface area contributed by atoms with Crippen LogP contribution in [0.3, 0.4) is 0 Å². The van der Waals surface area contributed by atoms with Crippen LogP contribution in [0, 0.1) is 0 Å². The van der Waals surface area contributed by atoms with E-state index in [1.165, 1.54) is 0 Å². The Hall–Kier alpha value is -3.27. The summed E-state index contributed by atoms with van der Waals surface area (Å²) in [6.07, 6.45) is 0. The average Bonchev–Trinajstić information content (AvgIpc) is 2.64. The maximum absolute atomic E-state index is 12.3. The van der Waals surface area contributed by atoms with Crippen molar-refractivity contribution in [3.63, 3.8) is 0 Å². The predicted octanol–water partition coefficient (Wildman–Crippen LogP) is 4.69. The van der Waals surface area contributed by atoms with Crippen LogP contribution in [-0.2, 0) is 0 Å². The number of hydrogen-bond donors (Lipinski definition) is 2. The quantitative estimate of drug-likeness (QED) is 0.717. The Labute approximate surface area is 141 Å². The van der Waals surface area contributed by atoms with E-state index in [-0.39, 0.29) is 5.91 Å². The van der Waals surface area contributed by atoms with Crippen LogP contribution in [0.4, 0.5) is 17.1 Å². The highest BCUT2D eigenvalue weighted by Gasteiger charge is 2.07. The minimum atomic E-state index is -0.169. The van der Waals surface area contributed by atoms with Crippen LogP contribution in [0.15, 0.2) is 78.9 Å². The predicted molar refractivity (Wildman–Crippen MR) is 97.1 cm³/mol. The Morgan fingerprint density at radius 1 is 0.792 bits per heavy atom. The lowest BCUT2D eigenvalue weighted by atomic mass is 10.2. The molecule has 3 aromatic carbocycles. The van der Waals surface area contributed by atoms with Gasteiger partial charge >= 0.3 is 0 Å². The van der Waals surface area contributed by atoms with Gasteiger partial charge in [0.15, 0.2) is 0 Å². The highest BCUT2D eigenvalue weighted by molar-refractivity contribution is 6.04. The van der Waals surface area contributed by atoms with Crippen molar-refractivity contribution in [1.29, 1.82) is 0 Å². The van der Waals surface area contributed by atoms with Crippen LogP contribution in [0.25, 0.3) is 0 Å². The van der Waals surface area contributed by atoms with Gasteiger partial charge in [-0.15, -0.1) is 0 Å². The standard InChI is InChI=1S/C20H18N2O2/c1-24-19-9-5-6-15(14-19)20(23)22-18-12-10-17(11-13-18)21-16-7-3-2-4-8-16/h2-14,21H,1H3,(H,22,23). The largest absolute Gasteiger partial charge is 0.497 e. The van der Waals surface area contributed by atoms with E-state index in [2.05, 4.69) is 10.6 Å². The minimum Gasteiger partial charge on any atom is -0.497 e. The van der Waals surface area contributed by atoms with Crippen LogP contribution < -0.4 is 15.4 Å². The first-order valence-corrected chi connectivity index (χ1v) is 7.62. The second kappa shape index (κ2) is 7.33. The smallest absolute Gasteiger partial charge is 0.255 e. The fraction of sp³-hybridized carbons (Fsp3) is 0.0500. The summed E-state index contributed by atoms with van der Waals surface area (Å²) in [6, 6.07) is 24.6. The topological polar surface area (TPSA) is 50.4 Å². The van der Waals surface area contributed by atoms with Crippen LogP contribution >= 0.6 is 0 Å². The Kier molecular flexibility index (Phi) is 4.77. The highest BCUT2D eigenvalue weighted by Crippen LogP contribution is 2.19. The first-order chi connectivity index (χ1) is 11.7. The van der Waals surface area contributed by atoms with Gasteiger partial charge in [-0.05, 0) is 54.6 Å². The zero-order chi connectivity index (χ0) is 16.8. The molecule has 2 N–H and O–H groups in total. The van der Waals surface area contributed by atoms with E-state index < -0.39 is 0 Å². The van der Waals surface area contributed by atoms with Gasteiger partial charge in [0.25, 0.3) is 5.91 Å². The second-order valence-electron chi connectivity index (χ2n) is 5.25. The lowest BCUT2D eigenvalue weighted by molar-refractivity contribution is 0.102. The van der Waals surface area contributed by atoms with Crippen molar-refractivity contribution in [2.45, 2.75) is 0 Å². The summed E-state index contributed by atoms with van der Waals surface area (Å²) in [5.74, 6) is 0.489. The Bertz CT molecular complexity index is 815. The minimum absolute atomic E-state index is 0.169. The molecule has 0 bridgehead atoms. The highest BCUT2D eigenvalue weighted by atomic mass is 16.5. The normalized spacial score (nSPS) is 10.0. The van der Waals surface area contributed by atoms with Gasteiger partial charge in [-0.2, -0.15) is 0 Å². The lowest BCUT2D eigenvalue weighted by Crippen LogP contribution is -2.11. The molecule has 120 valence electrons. The number of benzene rings is 3. The first-order valence-electron chi connectivity index (χ1n) is 7.62. The molecule has 0 atom stereocenters. The molecule has 0 aliphatic carbocycles. The zero-order valence-corrected chi connectivity index (χ0v) is 13.3. The molecule has 0 unspecified atom stereocenters. The van der Waals surface area contributed by atoms with E-state index in [0.717, 1.165) is 17.1 Å². The number of anilines is 3. The number of methoxy groups -OCH3 is 1. The van der Waals surface area contributed by atoms with Gasteiger partial charge in [0.2, 0.25) is 0 Å². The van der Waals surface area contributed by atoms with Gasteiger partial charge in [0, 0.05) is 22.6 Å². The monoisotopic (exact) mass is 318 g/mol. The van der Waals surface area contributed by atoms with E-state index in [0.29, 0.717) is 11.3 Å². The Balaban J connectivity index is 1.66. The molecule has 4 nitrogen and oxygen atoms in total. The molecule has 0 saturated heterocycles. The fourth-order valence-electron chi connectivity index (χ4n) is 2.29. The molecule has 0 aliphatic heterocycles. The van der Waals surface area contributed by atoms with E-state index in [1.54, 1.807) is 31.4 Å². The summed E-state index contributed by atoms with van der Waals surface area (Å²) in [5, 5.41) is 6.18. The molecule has 0 aliphatic rings. The van der Waals surface area contributed by atoms with Gasteiger partial charge in [-0.1, -0.05) is 24.3 Å². The molecular formula is C20H18N2O2. The third kappa shape index (κ3) is 3.93. The number of ether oxygens (including phenoxy) is 1. The van der Waals surface area contributed by atoms with Crippen molar-refractivity contribution in [3.8, 4) is 5.75 Å². The van der Waals surface area contributed by atoms with Gasteiger partial charge in [-0.25, -0.2) is 0 Å². The average molecular weight is 318 g/mol. The molecule has 0 aromatic heterocycles. The van der Waals surface area contributed by atoms with Crippen molar-refractivity contribution in [3.05, 3.63) is 84.4 Å². The van der Waals surface area contributed by atoms with Gasteiger partial charge in [-0.3, -0.25) is 4.79 Å². The number of carbonyl (C=O) groups excluding carboxylic acids is 1. The maximum atomic E-state index is 12.3. The summed E-state index contributed by atoms with van der Waals surface area (Å²) in [4.78, 5) is 12.3. The third-order valence-electron chi connectivity index (χ3n) is 3.54. The van der Waals surface area contributed by atoms with Crippen molar-refractivity contribution < 1.29 is 9.53 Å². The van der Waals surface area contributed by atoms with Crippen LogP contribution in [-0.4, -0.2) is 13.0 Å². The van der Waals surface area contributed by atoms with Crippen molar-refractivity contribution in [2.24, 2.45) is 0 Å². The van der Waals surface area contributed by atoms with E-state index in [9.17, 15) is 4.79 Å². The third-order valence-corrected chi connectivity index (χ3v) is 3.54.